The summed E-state index contributed by atoms with van der Waals surface area (Å²) < 4.78 is 27.8. The van der Waals surface area contributed by atoms with E-state index in [1.54, 1.807) is 35.2 Å². The number of aromatic nitrogens is 2. The van der Waals surface area contributed by atoms with Crippen LogP contribution in [0.2, 0.25) is 0 Å². The Hall–Kier alpha value is -2.87. The van der Waals surface area contributed by atoms with Crippen LogP contribution in [0, 0.1) is 11.6 Å². The predicted molar refractivity (Wildman–Crippen MR) is 104 cm³/mol. The molecule has 1 aromatic heterocycles. The molecular weight excluding hydrogens is 382 g/mol. The van der Waals surface area contributed by atoms with Crippen molar-refractivity contribution in [2.45, 2.75) is 18.8 Å². The van der Waals surface area contributed by atoms with Crippen molar-refractivity contribution in [3.05, 3.63) is 65.2 Å². The number of piperidine rings is 1. The monoisotopic (exact) mass is 400 g/mol. The fourth-order valence-electron chi connectivity index (χ4n) is 3.26. The molecule has 2 amide bonds. The SMILES string of the molecule is O=C(Nc1ccccc1F)N1CCCC(c2nnc(-c3ccccc3F)s2)C1. The summed E-state index contributed by atoms with van der Waals surface area (Å²) in [4.78, 5) is 14.2. The molecule has 3 aromatic rings. The van der Waals surface area contributed by atoms with Crippen LogP contribution < -0.4 is 5.32 Å². The Kier molecular flexibility index (Phi) is 5.29. The first kappa shape index (κ1) is 18.5. The lowest BCUT2D eigenvalue weighted by Crippen LogP contribution is -2.41. The molecule has 5 nitrogen and oxygen atoms in total. The van der Waals surface area contributed by atoms with E-state index in [-0.39, 0.29) is 23.5 Å². The van der Waals surface area contributed by atoms with Gasteiger partial charge < -0.3 is 10.2 Å². The number of para-hydroxylation sites is 1. The standard InChI is InChI=1S/C20H18F2N4OS/c21-15-8-2-1-7-14(15)19-25-24-18(28-19)13-6-5-11-26(12-13)20(27)23-17-10-4-3-9-16(17)22/h1-4,7-10,13H,5-6,11-12H2,(H,23,27). The van der Waals surface area contributed by atoms with Crippen molar-refractivity contribution in [2.75, 3.05) is 18.4 Å². The predicted octanol–water partition coefficient (Wildman–Crippen LogP) is 4.89. The second kappa shape index (κ2) is 8.02. The number of halogens is 2. The zero-order valence-electron chi connectivity index (χ0n) is 14.9. The highest BCUT2D eigenvalue weighted by atomic mass is 32.1. The molecule has 2 heterocycles. The number of nitrogens with one attached hydrogen (secondary N) is 1. The van der Waals surface area contributed by atoms with E-state index >= 15 is 0 Å². The van der Waals surface area contributed by atoms with Crippen LogP contribution in [0.1, 0.15) is 23.8 Å². The van der Waals surface area contributed by atoms with Gasteiger partial charge >= 0.3 is 6.03 Å². The number of hydrogen-bond donors (Lipinski definition) is 1. The number of benzene rings is 2. The lowest BCUT2D eigenvalue weighted by atomic mass is 9.99. The summed E-state index contributed by atoms with van der Waals surface area (Å²) in [5.41, 5.74) is 0.587. The number of hydrogen-bond acceptors (Lipinski definition) is 4. The average Bonchev–Trinajstić information content (AvgIpc) is 3.20. The minimum atomic E-state index is -0.469. The molecule has 1 atom stereocenters. The summed E-state index contributed by atoms with van der Waals surface area (Å²) in [5, 5.41) is 12.3. The lowest BCUT2D eigenvalue weighted by molar-refractivity contribution is 0.192. The van der Waals surface area contributed by atoms with Gasteiger partial charge in [0.1, 0.15) is 16.6 Å². The van der Waals surface area contributed by atoms with Crippen molar-refractivity contribution in [1.29, 1.82) is 0 Å². The molecule has 1 fully saturated rings. The summed E-state index contributed by atoms with van der Waals surface area (Å²) >= 11 is 1.35. The van der Waals surface area contributed by atoms with Crippen molar-refractivity contribution >= 4 is 23.1 Å². The van der Waals surface area contributed by atoms with Gasteiger partial charge in [-0.05, 0) is 37.1 Å². The van der Waals surface area contributed by atoms with Crippen molar-refractivity contribution in [3.8, 4) is 10.6 Å². The van der Waals surface area contributed by atoms with Crippen molar-refractivity contribution < 1.29 is 13.6 Å². The second-order valence-corrected chi connectivity index (χ2v) is 7.63. The maximum Gasteiger partial charge on any atom is 0.321 e. The second-order valence-electron chi connectivity index (χ2n) is 6.62. The summed E-state index contributed by atoms with van der Waals surface area (Å²) in [6.07, 6.45) is 1.68. The Morgan fingerprint density at radius 2 is 1.82 bits per heavy atom. The molecule has 0 bridgehead atoms. The largest absolute Gasteiger partial charge is 0.324 e. The van der Waals surface area contributed by atoms with Crippen LogP contribution in [-0.2, 0) is 0 Å². The van der Waals surface area contributed by atoms with Crippen LogP contribution in [-0.4, -0.2) is 34.2 Å². The Labute approximate surface area is 165 Å². The first-order valence-electron chi connectivity index (χ1n) is 9.00. The van der Waals surface area contributed by atoms with Crippen LogP contribution in [0.3, 0.4) is 0 Å². The zero-order chi connectivity index (χ0) is 19.5. The zero-order valence-corrected chi connectivity index (χ0v) is 15.8. The Balaban J connectivity index is 1.46. The summed E-state index contributed by atoms with van der Waals surface area (Å²) in [6, 6.07) is 12.2. The molecule has 1 saturated heterocycles. The molecule has 0 aliphatic carbocycles. The van der Waals surface area contributed by atoms with Crippen LogP contribution in [0.15, 0.2) is 48.5 Å². The van der Waals surface area contributed by atoms with Crippen molar-refractivity contribution in [2.24, 2.45) is 0 Å². The molecule has 1 N–H and O–H groups in total. The number of carbonyl (C=O) groups excluding carboxylic acids is 1. The van der Waals surface area contributed by atoms with E-state index in [2.05, 4.69) is 15.5 Å². The van der Waals surface area contributed by atoms with E-state index < -0.39 is 5.82 Å². The highest BCUT2D eigenvalue weighted by Crippen LogP contribution is 2.33. The van der Waals surface area contributed by atoms with E-state index in [1.807, 2.05) is 0 Å². The highest BCUT2D eigenvalue weighted by Gasteiger charge is 2.28. The van der Waals surface area contributed by atoms with Crippen LogP contribution >= 0.6 is 11.3 Å². The van der Waals surface area contributed by atoms with Gasteiger partial charge in [-0.1, -0.05) is 35.6 Å². The molecule has 4 rings (SSSR count). The van der Waals surface area contributed by atoms with Gasteiger partial charge in [0.2, 0.25) is 0 Å². The molecule has 1 unspecified atom stereocenters. The fourth-order valence-corrected chi connectivity index (χ4v) is 4.26. The summed E-state index contributed by atoms with van der Waals surface area (Å²) in [6.45, 7) is 1.06. The van der Waals surface area contributed by atoms with Crippen LogP contribution in [0.4, 0.5) is 19.3 Å². The third-order valence-electron chi connectivity index (χ3n) is 4.72. The first-order valence-corrected chi connectivity index (χ1v) is 9.82. The maximum absolute atomic E-state index is 14.0. The third-order valence-corrected chi connectivity index (χ3v) is 5.84. The van der Waals surface area contributed by atoms with E-state index in [0.717, 1.165) is 17.8 Å². The molecule has 0 radical (unpaired) electrons. The van der Waals surface area contributed by atoms with Gasteiger partial charge in [0.05, 0.1) is 5.69 Å². The van der Waals surface area contributed by atoms with Gasteiger partial charge in [-0.15, -0.1) is 10.2 Å². The number of anilines is 1. The van der Waals surface area contributed by atoms with Gasteiger partial charge in [-0.25, -0.2) is 13.6 Å². The smallest absolute Gasteiger partial charge is 0.321 e. The van der Waals surface area contributed by atoms with Gasteiger partial charge in [0, 0.05) is 24.6 Å². The first-order chi connectivity index (χ1) is 13.6. The Morgan fingerprint density at radius 1 is 1.07 bits per heavy atom. The molecule has 144 valence electrons. The molecule has 0 spiro atoms. The molecule has 1 aliphatic heterocycles. The normalized spacial score (nSPS) is 16.8. The maximum atomic E-state index is 14.0. The number of amides is 2. The summed E-state index contributed by atoms with van der Waals surface area (Å²) in [5.74, 6) is -0.777. The Bertz CT molecular complexity index is 994. The highest BCUT2D eigenvalue weighted by molar-refractivity contribution is 7.14. The van der Waals surface area contributed by atoms with Crippen molar-refractivity contribution in [1.82, 2.24) is 15.1 Å². The number of likely N-dealkylation sites (tertiary alicyclic amines) is 1. The van der Waals surface area contributed by atoms with Gasteiger partial charge in [0.15, 0.2) is 5.01 Å². The number of nitrogens with zero attached hydrogens (tertiary/aromatic N) is 3. The molecular formula is C20H18F2N4OS. The van der Waals surface area contributed by atoms with Gasteiger partial charge in [-0.3, -0.25) is 0 Å². The average molecular weight is 400 g/mol. The molecule has 2 aromatic carbocycles. The number of carbonyl (C=O) groups is 1. The quantitative estimate of drug-likeness (QED) is 0.681. The minimum Gasteiger partial charge on any atom is -0.324 e. The van der Waals surface area contributed by atoms with Crippen molar-refractivity contribution in [3.63, 3.8) is 0 Å². The third kappa shape index (κ3) is 3.87. The molecule has 1 aliphatic rings. The topological polar surface area (TPSA) is 58.1 Å². The van der Waals surface area contributed by atoms with E-state index in [1.165, 1.54) is 29.5 Å². The minimum absolute atomic E-state index is 0.0261. The van der Waals surface area contributed by atoms with Crippen LogP contribution in [0.5, 0.6) is 0 Å². The van der Waals surface area contributed by atoms with E-state index in [4.69, 9.17) is 0 Å². The van der Waals surface area contributed by atoms with E-state index in [9.17, 15) is 13.6 Å². The summed E-state index contributed by atoms with van der Waals surface area (Å²) in [7, 11) is 0. The van der Waals surface area contributed by atoms with E-state index in [0.29, 0.717) is 23.7 Å². The van der Waals surface area contributed by atoms with Gasteiger partial charge in [-0.2, -0.15) is 0 Å². The Morgan fingerprint density at radius 3 is 2.61 bits per heavy atom. The molecule has 28 heavy (non-hydrogen) atoms. The number of urea groups is 1. The lowest BCUT2D eigenvalue weighted by Gasteiger charge is -2.31. The molecule has 8 heteroatoms. The van der Waals surface area contributed by atoms with Crippen LogP contribution in [0.25, 0.3) is 10.6 Å². The van der Waals surface area contributed by atoms with Gasteiger partial charge in [0.25, 0.3) is 0 Å². The number of rotatable bonds is 3. The molecule has 0 saturated carbocycles. The fraction of sp³-hybridized carbons (Fsp3) is 0.250.